The highest BCUT2D eigenvalue weighted by Crippen LogP contribution is 2.19. The lowest BCUT2D eigenvalue weighted by Gasteiger charge is -2.26. The van der Waals surface area contributed by atoms with Gasteiger partial charge in [0.05, 0.1) is 0 Å². The molecule has 0 fully saturated rings. The number of hydrogen-bond donors (Lipinski definition) is 2. The minimum atomic E-state index is -0.400. The molecule has 0 aromatic heterocycles. The molecule has 0 aliphatic rings. The molecule has 0 aromatic carbocycles. The Bertz CT molecular complexity index is 761. The molecule has 2 atom stereocenters. The number of amides is 2. The molecule has 0 spiro atoms. The molecule has 0 rings (SSSR count). The molecule has 0 radical (unpaired) electrons. The van der Waals surface area contributed by atoms with Gasteiger partial charge in [0.2, 0.25) is 11.8 Å². The molecule has 0 aliphatic heterocycles. The predicted octanol–water partition coefficient (Wildman–Crippen LogP) is 13.9. The lowest BCUT2D eigenvalue weighted by molar-refractivity contribution is -0.130. The number of carbonyl (C=O) groups excluding carboxylic acids is 2. The third-order valence-electron chi connectivity index (χ3n) is 10.2. The normalized spacial score (nSPS) is 13.0. The monoisotopic (exact) mass is 687 g/mol. The highest BCUT2D eigenvalue weighted by molar-refractivity contribution is 5.87. The fourth-order valence-electron chi connectivity index (χ4n) is 6.81. The van der Waals surface area contributed by atoms with E-state index in [2.05, 4.69) is 62.6 Å². The Morgan fingerprint density at radius 3 is 1.43 bits per heavy atom. The van der Waals surface area contributed by atoms with E-state index in [4.69, 9.17) is 0 Å². The fourth-order valence-corrected chi connectivity index (χ4v) is 6.81. The molecule has 2 unspecified atom stereocenters. The maximum absolute atomic E-state index is 13.3. The minimum Gasteiger partial charge on any atom is -0.354 e. The van der Waals surface area contributed by atoms with Crippen molar-refractivity contribution in [3.8, 4) is 0 Å². The topological polar surface area (TPSA) is 58.2 Å². The van der Waals surface area contributed by atoms with Crippen molar-refractivity contribution in [1.82, 2.24) is 10.6 Å². The zero-order valence-corrected chi connectivity index (χ0v) is 33.6. The van der Waals surface area contributed by atoms with Gasteiger partial charge in [-0.3, -0.25) is 9.59 Å². The van der Waals surface area contributed by atoms with Crippen LogP contribution in [0.4, 0.5) is 0 Å². The third-order valence-corrected chi connectivity index (χ3v) is 10.2. The van der Waals surface area contributed by atoms with Gasteiger partial charge < -0.3 is 10.6 Å². The maximum atomic E-state index is 13.3. The zero-order valence-electron chi connectivity index (χ0n) is 33.6. The Balaban J connectivity index is 4.08. The summed E-state index contributed by atoms with van der Waals surface area (Å²) in [5, 5.41) is 6.36. The van der Waals surface area contributed by atoms with Crippen LogP contribution < -0.4 is 10.6 Å². The molecule has 0 saturated carbocycles. The van der Waals surface area contributed by atoms with Gasteiger partial charge >= 0.3 is 0 Å². The number of unbranched alkanes of at least 4 members (excludes halogenated alkanes) is 24. The van der Waals surface area contributed by atoms with Crippen LogP contribution in [0.2, 0.25) is 0 Å². The van der Waals surface area contributed by atoms with Gasteiger partial charge in [0, 0.05) is 13.0 Å². The number of rotatable bonds is 38. The van der Waals surface area contributed by atoms with E-state index in [-0.39, 0.29) is 17.7 Å². The van der Waals surface area contributed by atoms with Gasteiger partial charge in [-0.2, -0.15) is 0 Å². The van der Waals surface area contributed by atoms with E-state index in [9.17, 15) is 9.59 Å². The minimum absolute atomic E-state index is 0.0253. The molecule has 4 nitrogen and oxygen atoms in total. The van der Waals surface area contributed by atoms with E-state index in [1.165, 1.54) is 141 Å². The molecular weight excluding hydrogens is 601 g/mol. The Morgan fingerprint density at radius 1 is 0.490 bits per heavy atom. The maximum Gasteiger partial charge on any atom is 0.242 e. The van der Waals surface area contributed by atoms with Crippen LogP contribution in [0.1, 0.15) is 233 Å². The second-order valence-electron chi connectivity index (χ2n) is 14.9. The molecule has 0 heterocycles. The Labute approximate surface area is 307 Å². The first-order valence-corrected chi connectivity index (χ1v) is 22.0. The quantitative estimate of drug-likeness (QED) is 0.0502. The molecule has 4 heteroatoms. The SMILES string of the molecule is CCCCCC=CCC=CCCCCCCCC(=O)NC(C(=O)NCCCCCCCCCCCCCCCCCC)C(CC)CCCC. The van der Waals surface area contributed by atoms with Crippen LogP contribution in [-0.4, -0.2) is 24.4 Å². The van der Waals surface area contributed by atoms with E-state index < -0.39 is 6.04 Å². The highest BCUT2D eigenvalue weighted by Gasteiger charge is 2.28. The second-order valence-corrected chi connectivity index (χ2v) is 14.9. The van der Waals surface area contributed by atoms with Gasteiger partial charge in [0.15, 0.2) is 0 Å². The molecule has 49 heavy (non-hydrogen) atoms. The predicted molar refractivity (Wildman–Crippen MR) is 217 cm³/mol. The molecule has 0 aromatic rings. The van der Waals surface area contributed by atoms with E-state index >= 15 is 0 Å². The second kappa shape index (κ2) is 39.2. The van der Waals surface area contributed by atoms with Gasteiger partial charge in [0.25, 0.3) is 0 Å². The van der Waals surface area contributed by atoms with Crippen molar-refractivity contribution in [1.29, 1.82) is 0 Å². The summed E-state index contributed by atoms with van der Waals surface area (Å²) in [6.07, 6.45) is 48.5. The van der Waals surface area contributed by atoms with Crippen molar-refractivity contribution in [3.63, 3.8) is 0 Å². The number of nitrogens with one attached hydrogen (secondary N) is 2. The molecule has 2 N–H and O–H groups in total. The fraction of sp³-hybridized carbons (Fsp3) is 0.867. The third kappa shape index (κ3) is 33.3. The molecular formula is C45H86N2O2. The van der Waals surface area contributed by atoms with Crippen molar-refractivity contribution in [2.75, 3.05) is 6.54 Å². The summed E-state index contributed by atoms with van der Waals surface area (Å²) in [5.74, 6) is 0.278. The molecule has 0 bridgehead atoms. The van der Waals surface area contributed by atoms with Crippen LogP contribution in [0.5, 0.6) is 0 Å². The van der Waals surface area contributed by atoms with Crippen molar-refractivity contribution < 1.29 is 9.59 Å². The van der Waals surface area contributed by atoms with E-state index in [1.54, 1.807) is 0 Å². The summed E-state index contributed by atoms with van der Waals surface area (Å²) in [6, 6.07) is -0.400. The molecule has 288 valence electrons. The smallest absolute Gasteiger partial charge is 0.242 e. The number of allylic oxidation sites excluding steroid dienone is 4. The summed E-state index contributed by atoms with van der Waals surface area (Å²) >= 11 is 0. The first kappa shape index (κ1) is 47.4. The van der Waals surface area contributed by atoms with Crippen LogP contribution in [0.15, 0.2) is 24.3 Å². The lowest BCUT2D eigenvalue weighted by Crippen LogP contribution is -2.51. The average molecular weight is 687 g/mol. The zero-order chi connectivity index (χ0) is 35.9. The van der Waals surface area contributed by atoms with Gasteiger partial charge in [-0.1, -0.05) is 200 Å². The largest absolute Gasteiger partial charge is 0.354 e. The molecule has 0 saturated heterocycles. The van der Waals surface area contributed by atoms with Gasteiger partial charge in [-0.05, 0) is 57.3 Å². The van der Waals surface area contributed by atoms with Gasteiger partial charge in [0.1, 0.15) is 6.04 Å². The van der Waals surface area contributed by atoms with E-state index in [0.717, 1.165) is 64.3 Å². The summed E-state index contributed by atoms with van der Waals surface area (Å²) in [5.41, 5.74) is 0. The summed E-state index contributed by atoms with van der Waals surface area (Å²) in [7, 11) is 0. The summed E-state index contributed by atoms with van der Waals surface area (Å²) < 4.78 is 0. The average Bonchev–Trinajstić information content (AvgIpc) is 3.10. The van der Waals surface area contributed by atoms with Crippen LogP contribution in [0, 0.1) is 5.92 Å². The lowest BCUT2D eigenvalue weighted by atomic mass is 9.90. The Morgan fingerprint density at radius 2 is 0.918 bits per heavy atom. The molecule has 0 aliphatic carbocycles. The number of carbonyl (C=O) groups is 2. The van der Waals surface area contributed by atoms with E-state index in [1.807, 2.05) is 0 Å². The summed E-state index contributed by atoms with van der Waals surface area (Å²) in [6.45, 7) is 9.61. The van der Waals surface area contributed by atoms with Crippen LogP contribution >= 0.6 is 0 Å². The van der Waals surface area contributed by atoms with Gasteiger partial charge in [-0.25, -0.2) is 0 Å². The first-order chi connectivity index (χ1) is 24.1. The van der Waals surface area contributed by atoms with Crippen LogP contribution in [0.25, 0.3) is 0 Å². The van der Waals surface area contributed by atoms with Gasteiger partial charge in [-0.15, -0.1) is 0 Å². The van der Waals surface area contributed by atoms with E-state index in [0.29, 0.717) is 6.42 Å². The summed E-state index contributed by atoms with van der Waals surface area (Å²) in [4.78, 5) is 26.2. The Hall–Kier alpha value is -1.58. The van der Waals surface area contributed by atoms with Crippen molar-refractivity contribution in [2.45, 2.75) is 239 Å². The van der Waals surface area contributed by atoms with Crippen molar-refractivity contribution in [2.24, 2.45) is 5.92 Å². The Kier molecular flexibility index (Phi) is 37.9. The van der Waals surface area contributed by atoms with Crippen LogP contribution in [-0.2, 0) is 9.59 Å². The first-order valence-electron chi connectivity index (χ1n) is 22.0. The number of hydrogen-bond acceptors (Lipinski definition) is 2. The molecule has 2 amide bonds. The highest BCUT2D eigenvalue weighted by atomic mass is 16.2. The van der Waals surface area contributed by atoms with Crippen molar-refractivity contribution in [3.05, 3.63) is 24.3 Å². The van der Waals surface area contributed by atoms with Crippen LogP contribution in [0.3, 0.4) is 0 Å². The standard InChI is InChI=1S/C45H86N2O2/c1-5-9-12-14-16-18-20-22-24-26-28-30-32-34-36-38-41-46-45(49)44(42(8-4)39-11-7-3)47-43(48)40-37-35-33-31-29-27-25-23-21-19-17-15-13-10-6-2/h17,19,23,25,42,44H,5-16,18,20-22,24,26-41H2,1-4H3,(H,46,49)(H,47,48). The van der Waals surface area contributed by atoms with Crippen molar-refractivity contribution >= 4 is 11.8 Å².